The van der Waals surface area contributed by atoms with Crippen molar-refractivity contribution >= 4 is 22.2 Å². The Morgan fingerprint density at radius 1 is 1.39 bits per heavy atom. The van der Waals surface area contributed by atoms with Crippen molar-refractivity contribution in [1.82, 2.24) is 19.4 Å². The number of thiazole rings is 1. The van der Waals surface area contributed by atoms with Crippen LogP contribution in [-0.2, 0) is 0 Å². The number of halogens is 1. The third kappa shape index (κ3) is 3.03. The number of nitrogens with zero attached hydrogens (tertiary/aromatic N) is 4. The quantitative estimate of drug-likeness (QED) is 0.506. The van der Waals surface area contributed by atoms with Crippen molar-refractivity contribution in [2.45, 2.75) is 13.0 Å². The van der Waals surface area contributed by atoms with Crippen LogP contribution in [0.25, 0.3) is 16.2 Å². The predicted octanol–water partition coefficient (Wildman–Crippen LogP) is 4.03. The van der Waals surface area contributed by atoms with E-state index in [1.807, 2.05) is 6.92 Å². The number of methoxy groups -OCH3 is 1. The van der Waals surface area contributed by atoms with Crippen LogP contribution < -0.4 is 4.74 Å². The summed E-state index contributed by atoms with van der Waals surface area (Å²) < 4.78 is 25.6. The van der Waals surface area contributed by atoms with Crippen LogP contribution >= 0.6 is 11.3 Å². The second-order valence-corrected chi connectivity index (χ2v) is 7.10. The van der Waals surface area contributed by atoms with E-state index >= 15 is 0 Å². The number of imidazole rings is 1. The van der Waals surface area contributed by atoms with Crippen LogP contribution in [0.2, 0.25) is 0 Å². The molecule has 1 amide bonds. The van der Waals surface area contributed by atoms with Gasteiger partial charge in [0, 0.05) is 30.3 Å². The van der Waals surface area contributed by atoms with E-state index in [0.717, 1.165) is 0 Å². The topological polar surface area (TPSA) is 72.9 Å². The van der Waals surface area contributed by atoms with Crippen molar-refractivity contribution in [3.8, 4) is 17.0 Å². The number of amides is 1. The minimum Gasteiger partial charge on any atom is -0.494 e. The largest absolute Gasteiger partial charge is 0.494 e. The molecule has 0 unspecified atom stereocenters. The first-order chi connectivity index (χ1) is 13.5. The Morgan fingerprint density at radius 2 is 2.21 bits per heavy atom. The minimum atomic E-state index is -0.464. The van der Waals surface area contributed by atoms with Gasteiger partial charge in [0.1, 0.15) is 17.7 Å². The summed E-state index contributed by atoms with van der Waals surface area (Å²) >= 11 is 1.35. The zero-order valence-corrected chi connectivity index (χ0v) is 16.2. The average Bonchev–Trinajstić information content (AvgIpc) is 3.42. The highest BCUT2D eigenvalue weighted by atomic mass is 32.1. The first-order valence-corrected chi connectivity index (χ1v) is 9.35. The lowest BCUT2D eigenvalue weighted by molar-refractivity contribution is 0.0731. The summed E-state index contributed by atoms with van der Waals surface area (Å²) in [5.74, 6) is -0.468. The van der Waals surface area contributed by atoms with Crippen LogP contribution in [0.1, 0.15) is 29.1 Å². The standard InChI is InChI=1S/C19H17FN4O3S/c1-11(14-6-7-27-22-14)23(2)18(25)16-10-28-19-21-15(9-24(16)19)12-4-5-17(26-3)13(20)8-12/h4-11H,1-3H3/t11-/m0/s1. The van der Waals surface area contributed by atoms with Gasteiger partial charge in [0.15, 0.2) is 16.5 Å². The average molecular weight is 400 g/mol. The fraction of sp³-hybridized carbons (Fsp3) is 0.211. The number of carbonyl (C=O) groups is 1. The Hall–Kier alpha value is -3.20. The van der Waals surface area contributed by atoms with Crippen LogP contribution in [0, 0.1) is 5.82 Å². The predicted molar refractivity (Wildman–Crippen MR) is 102 cm³/mol. The second-order valence-electron chi connectivity index (χ2n) is 6.27. The molecule has 0 spiro atoms. The maximum Gasteiger partial charge on any atom is 0.272 e. The molecule has 1 aromatic carbocycles. The van der Waals surface area contributed by atoms with E-state index in [1.165, 1.54) is 30.8 Å². The van der Waals surface area contributed by atoms with Gasteiger partial charge in [0.25, 0.3) is 5.91 Å². The van der Waals surface area contributed by atoms with Gasteiger partial charge < -0.3 is 14.2 Å². The molecule has 28 heavy (non-hydrogen) atoms. The number of benzene rings is 1. The summed E-state index contributed by atoms with van der Waals surface area (Å²) in [6.45, 7) is 1.87. The van der Waals surface area contributed by atoms with Crippen LogP contribution in [0.5, 0.6) is 5.75 Å². The van der Waals surface area contributed by atoms with E-state index in [9.17, 15) is 9.18 Å². The van der Waals surface area contributed by atoms with Crippen LogP contribution in [0.3, 0.4) is 0 Å². The highest BCUT2D eigenvalue weighted by molar-refractivity contribution is 7.15. The number of ether oxygens (including phenoxy) is 1. The van der Waals surface area contributed by atoms with Crippen molar-refractivity contribution in [2.75, 3.05) is 14.2 Å². The minimum absolute atomic E-state index is 0.170. The van der Waals surface area contributed by atoms with Gasteiger partial charge in [0.2, 0.25) is 0 Å². The van der Waals surface area contributed by atoms with Gasteiger partial charge in [-0.25, -0.2) is 9.37 Å². The molecule has 0 aliphatic rings. The maximum atomic E-state index is 14.0. The molecule has 0 saturated heterocycles. The summed E-state index contributed by atoms with van der Waals surface area (Å²) in [5.41, 5.74) is 2.33. The Morgan fingerprint density at radius 3 is 2.89 bits per heavy atom. The number of fused-ring (bicyclic) bond motifs is 1. The van der Waals surface area contributed by atoms with Gasteiger partial charge in [-0.05, 0) is 25.1 Å². The van der Waals surface area contributed by atoms with Gasteiger partial charge in [-0.15, -0.1) is 11.3 Å². The highest BCUT2D eigenvalue weighted by Crippen LogP contribution is 2.28. The lowest BCUT2D eigenvalue weighted by Crippen LogP contribution is -2.30. The smallest absolute Gasteiger partial charge is 0.272 e. The summed E-state index contributed by atoms with van der Waals surface area (Å²) in [5, 5.41) is 5.66. The molecule has 0 aliphatic carbocycles. The van der Waals surface area contributed by atoms with Gasteiger partial charge in [-0.1, -0.05) is 5.16 Å². The Kier molecular flexibility index (Phi) is 4.60. The zero-order chi connectivity index (χ0) is 19.8. The molecular weight excluding hydrogens is 383 g/mol. The first-order valence-electron chi connectivity index (χ1n) is 8.47. The van der Waals surface area contributed by atoms with E-state index in [4.69, 9.17) is 9.26 Å². The van der Waals surface area contributed by atoms with Crippen LogP contribution in [0.15, 0.2) is 46.6 Å². The fourth-order valence-electron chi connectivity index (χ4n) is 2.89. The molecule has 3 aromatic heterocycles. The van der Waals surface area contributed by atoms with E-state index in [2.05, 4.69) is 10.1 Å². The number of aromatic nitrogens is 3. The normalized spacial score (nSPS) is 12.3. The van der Waals surface area contributed by atoms with Gasteiger partial charge in [0.05, 0.1) is 18.8 Å². The molecule has 0 N–H and O–H groups in total. The van der Waals surface area contributed by atoms with E-state index < -0.39 is 5.82 Å². The van der Waals surface area contributed by atoms with E-state index in [1.54, 1.807) is 46.1 Å². The molecule has 9 heteroatoms. The third-order valence-electron chi connectivity index (χ3n) is 4.66. The van der Waals surface area contributed by atoms with Crippen LogP contribution in [-0.4, -0.2) is 39.5 Å². The highest BCUT2D eigenvalue weighted by Gasteiger charge is 2.24. The SMILES string of the molecule is COc1ccc(-c2cn3c(C(=O)N(C)[C@@H](C)c4ccon4)csc3n2)cc1F. The molecule has 3 heterocycles. The molecule has 4 aromatic rings. The number of hydrogen-bond acceptors (Lipinski definition) is 6. The Balaban J connectivity index is 1.66. The van der Waals surface area contributed by atoms with Crippen molar-refractivity contribution in [3.05, 3.63) is 59.3 Å². The van der Waals surface area contributed by atoms with Crippen molar-refractivity contribution in [3.63, 3.8) is 0 Å². The molecule has 4 rings (SSSR count). The third-order valence-corrected chi connectivity index (χ3v) is 5.50. The molecule has 0 aliphatic heterocycles. The zero-order valence-electron chi connectivity index (χ0n) is 15.4. The van der Waals surface area contributed by atoms with E-state index in [-0.39, 0.29) is 17.7 Å². The van der Waals surface area contributed by atoms with Gasteiger partial charge in [-0.2, -0.15) is 0 Å². The Bertz CT molecular complexity index is 1140. The lowest BCUT2D eigenvalue weighted by atomic mass is 10.1. The van der Waals surface area contributed by atoms with Crippen molar-refractivity contribution in [1.29, 1.82) is 0 Å². The molecule has 1 atom stereocenters. The summed E-state index contributed by atoms with van der Waals surface area (Å²) in [7, 11) is 3.13. The molecule has 144 valence electrons. The molecular formula is C19H17FN4O3S. The number of rotatable bonds is 5. The fourth-order valence-corrected chi connectivity index (χ4v) is 3.74. The first kappa shape index (κ1) is 18.2. The maximum absolute atomic E-state index is 14.0. The Labute approximate surface area is 164 Å². The van der Waals surface area contributed by atoms with Gasteiger partial charge in [-0.3, -0.25) is 9.20 Å². The number of hydrogen-bond donors (Lipinski definition) is 0. The summed E-state index contributed by atoms with van der Waals surface area (Å²) in [6.07, 6.45) is 3.21. The van der Waals surface area contributed by atoms with Crippen molar-refractivity contribution in [2.24, 2.45) is 0 Å². The molecule has 0 saturated carbocycles. The van der Waals surface area contributed by atoms with Crippen LogP contribution in [0.4, 0.5) is 4.39 Å². The molecule has 0 radical (unpaired) electrons. The molecule has 7 nitrogen and oxygen atoms in total. The summed E-state index contributed by atoms with van der Waals surface area (Å²) in [4.78, 5) is 19.7. The summed E-state index contributed by atoms with van der Waals surface area (Å²) in [6, 6.07) is 6.13. The van der Waals surface area contributed by atoms with Gasteiger partial charge >= 0.3 is 0 Å². The van der Waals surface area contributed by atoms with E-state index in [0.29, 0.717) is 27.6 Å². The molecule has 0 bridgehead atoms. The molecule has 0 fully saturated rings. The number of carbonyl (C=O) groups excluding carboxylic acids is 1. The van der Waals surface area contributed by atoms with Crippen molar-refractivity contribution < 1.29 is 18.4 Å². The second kappa shape index (κ2) is 7.08. The monoisotopic (exact) mass is 400 g/mol. The lowest BCUT2D eigenvalue weighted by Gasteiger charge is -2.22.